The quantitative estimate of drug-likeness (QED) is 0.0212. The van der Waals surface area contributed by atoms with E-state index in [1.165, 1.54) is 6.92 Å². The van der Waals surface area contributed by atoms with Crippen molar-refractivity contribution in [3.63, 3.8) is 0 Å². The number of carbonyl (C=O) groups is 2. The van der Waals surface area contributed by atoms with Crippen molar-refractivity contribution in [3.05, 3.63) is 11.6 Å². The molecule has 0 aromatic heterocycles. The van der Waals surface area contributed by atoms with Crippen LogP contribution >= 0.6 is 0 Å². The van der Waals surface area contributed by atoms with Crippen LogP contribution < -0.4 is 5.32 Å². The summed E-state index contributed by atoms with van der Waals surface area (Å²) in [6.07, 6.45) is -37.1. The fourth-order valence-corrected chi connectivity index (χ4v) is 18.7. The molecule has 18 N–H and O–H groups in total. The Bertz CT molecular complexity index is 2790. The highest BCUT2D eigenvalue weighted by molar-refractivity contribution is 5.80. The lowest BCUT2D eigenvalue weighted by molar-refractivity contribution is -0.465. The van der Waals surface area contributed by atoms with Gasteiger partial charge in [-0.3, -0.25) is 9.59 Å². The van der Waals surface area contributed by atoms with Gasteiger partial charge < -0.3 is 144 Å². The van der Waals surface area contributed by atoms with Gasteiger partial charge in [-0.05, 0) is 90.8 Å². The minimum atomic E-state index is -2.11. The molecular weight excluding hydrogens is 1290 g/mol. The fraction of sp³-hybridized carbons (Fsp3) is 0.938. The van der Waals surface area contributed by atoms with Crippen molar-refractivity contribution in [3.8, 4) is 0 Å². The molecular formula is C64H103NO32. The van der Waals surface area contributed by atoms with E-state index in [2.05, 4.69) is 52.9 Å². The number of nitrogens with one attached hydrogen (secondary N) is 1. The van der Waals surface area contributed by atoms with Crippen molar-refractivity contribution in [2.45, 2.75) is 278 Å². The first kappa shape index (κ1) is 75.7. The second kappa shape index (κ2) is 28.2. The summed E-state index contributed by atoms with van der Waals surface area (Å²) in [5, 5.41) is 191. The Morgan fingerprint density at radius 1 is 0.577 bits per heavy atom. The first-order valence-corrected chi connectivity index (χ1v) is 33.8. The van der Waals surface area contributed by atoms with Gasteiger partial charge in [-0.1, -0.05) is 60.1 Å². The zero-order valence-electron chi connectivity index (χ0n) is 55.7. The molecule has 35 atom stereocenters. The van der Waals surface area contributed by atoms with Crippen LogP contribution in [-0.2, 0) is 71.5 Å². The number of hydrogen-bond donors (Lipinski definition) is 18. The Morgan fingerprint density at radius 2 is 1.20 bits per heavy atom. The summed E-state index contributed by atoms with van der Waals surface area (Å²) >= 11 is 0. The molecule has 11 rings (SSSR count). The minimum absolute atomic E-state index is 0.00862. The van der Waals surface area contributed by atoms with Crippen molar-refractivity contribution in [1.82, 2.24) is 5.32 Å². The molecule has 6 saturated heterocycles. The number of ether oxygens (including phenoxy) is 11. The lowest BCUT2D eigenvalue weighted by Crippen LogP contribution is -2.73. The lowest BCUT2D eigenvalue weighted by Gasteiger charge is -2.72. The number of aliphatic hydroxyl groups excluding tert-OH is 16. The Kier molecular flexibility index (Phi) is 22.0. The van der Waals surface area contributed by atoms with E-state index in [9.17, 15) is 91.6 Å². The molecule has 33 heteroatoms. The van der Waals surface area contributed by atoms with Crippen LogP contribution in [0.25, 0.3) is 0 Å². The summed E-state index contributed by atoms with van der Waals surface area (Å²) in [7, 11) is 0. The molecule has 10 fully saturated rings. The highest BCUT2D eigenvalue weighted by Gasteiger charge is 2.75. The highest BCUT2D eigenvalue weighted by atomic mass is 17.2. The Morgan fingerprint density at radius 3 is 1.85 bits per heavy atom. The second-order valence-electron chi connectivity index (χ2n) is 31.2. The van der Waals surface area contributed by atoms with Gasteiger partial charge in [-0.2, -0.15) is 0 Å². The van der Waals surface area contributed by atoms with Crippen LogP contribution in [0.3, 0.4) is 0 Å². The summed E-state index contributed by atoms with van der Waals surface area (Å²) in [6.45, 7) is 11.6. The van der Waals surface area contributed by atoms with Gasteiger partial charge in [0.05, 0.1) is 64.6 Å². The van der Waals surface area contributed by atoms with Gasteiger partial charge in [-0.15, -0.1) is 0 Å². The Labute approximate surface area is 560 Å². The molecule has 556 valence electrons. The SMILES string of the molecule is CC(=O)N[C@H]1[C@H](O[C@H]2CC[C@]3(C)[C@H]4CC=C5[C@@H]6CC(C)(C)CC[C@]6(C(=O)O[C@@H]6O[C@H](CO)[C@@H](O)[C@H](O)[C@H]6OO[C@@H]6OC[C@@H](O)[C@H](O[C@@H]7OC[C@](O)(CO)[C@H]7O)[C@H]6O)[C@H](O)[C@H](O)[C@@]5(C)[C@]4(C)CC[C@H]3C2(C)C)O[C@H](CO[C@@H]2OC[C@H](O)[C@H](O[C@@H]3OC[C@@H](O)[C@H](O)[C@H]3O)[C@H]2O)[C@@H](O)[C@@H]1O. The Hall–Kier alpha value is -2.48. The second-order valence-corrected chi connectivity index (χ2v) is 31.2. The molecule has 0 spiro atoms. The Balaban J connectivity index is 0.800. The first-order valence-electron chi connectivity index (χ1n) is 33.8. The molecule has 4 saturated carbocycles. The van der Waals surface area contributed by atoms with Crippen molar-refractivity contribution in [1.29, 1.82) is 0 Å². The summed E-state index contributed by atoms with van der Waals surface area (Å²) < 4.78 is 64.3. The summed E-state index contributed by atoms with van der Waals surface area (Å²) in [5.41, 5.74) is -6.70. The van der Waals surface area contributed by atoms with E-state index < -0.39 is 268 Å². The van der Waals surface area contributed by atoms with Crippen molar-refractivity contribution in [2.75, 3.05) is 46.2 Å². The maximum absolute atomic E-state index is 15.6. The number of hydrogen-bond acceptors (Lipinski definition) is 32. The molecule has 0 unspecified atom stereocenters. The minimum Gasteiger partial charge on any atom is -0.432 e. The van der Waals surface area contributed by atoms with E-state index in [1.807, 2.05) is 6.92 Å². The maximum Gasteiger partial charge on any atom is 0.317 e. The van der Waals surface area contributed by atoms with E-state index in [0.29, 0.717) is 44.9 Å². The molecule has 0 radical (unpaired) electrons. The van der Waals surface area contributed by atoms with Gasteiger partial charge in [0.15, 0.2) is 31.3 Å². The van der Waals surface area contributed by atoms with Crippen LogP contribution in [0, 0.1) is 50.2 Å². The molecule has 5 aliphatic carbocycles. The number of aliphatic hydroxyl groups is 17. The topological polar surface area (TPSA) is 510 Å². The van der Waals surface area contributed by atoms with Gasteiger partial charge in [-0.25, -0.2) is 9.78 Å². The van der Waals surface area contributed by atoms with Gasteiger partial charge in [0, 0.05) is 12.3 Å². The third-order valence-electron chi connectivity index (χ3n) is 24.7. The first-order chi connectivity index (χ1) is 45.5. The fourth-order valence-electron chi connectivity index (χ4n) is 18.7. The standard InChI is InChI=1S/C64H103NO32/c1-25(68)65-36-40(75)39(74)32(22-88-52-43(78)45(29(70)20-85-52)93-53-42(77)37(72)28(69)19-86-53)91-51(36)92-35-12-13-60(6)33(59(35,4)5)11-14-61(7)34(60)10-9-26-27-17-58(2,3)15-16-64(27,49(81)48(80)62(26,61)8)57(83)95-55-47(41(76)38(73)31(18-66)90-55)96-97-54-44(79)46(30(71)21-87-54)94-56-50(82)63(84,23-67)24-89-56/h9,27-56,66-67,69-82,84H,10-24H2,1-8H3,(H,65,68)/t27-,28+,29-,30+,31+,32+,33-,34+,35-,36+,37-,38+,39+,40+,41-,42+,43+,44+,45-,46-,47+,48-,49+,50-,51-,52-,53-,54-,55-,56-,60-,61+,62-,63+,64+/m0/s1. The van der Waals surface area contributed by atoms with Crippen LogP contribution in [0.5, 0.6) is 0 Å². The van der Waals surface area contributed by atoms with Gasteiger partial charge >= 0.3 is 5.97 Å². The van der Waals surface area contributed by atoms with E-state index in [4.69, 9.17) is 61.9 Å². The summed E-state index contributed by atoms with van der Waals surface area (Å²) in [6, 6.07) is -1.28. The zero-order chi connectivity index (χ0) is 70.8. The van der Waals surface area contributed by atoms with Crippen LogP contribution in [0.1, 0.15) is 107 Å². The molecule has 1 amide bonds. The van der Waals surface area contributed by atoms with Crippen molar-refractivity contribution >= 4 is 11.9 Å². The van der Waals surface area contributed by atoms with Crippen LogP contribution in [0.2, 0.25) is 0 Å². The summed E-state index contributed by atoms with van der Waals surface area (Å²) in [4.78, 5) is 39.4. The molecule has 97 heavy (non-hydrogen) atoms. The molecule has 0 aromatic carbocycles. The monoisotopic (exact) mass is 1400 g/mol. The van der Waals surface area contributed by atoms with Crippen LogP contribution in [0.4, 0.5) is 0 Å². The van der Waals surface area contributed by atoms with Gasteiger partial charge in [0.1, 0.15) is 115 Å². The lowest BCUT2D eigenvalue weighted by atomic mass is 9.32. The third kappa shape index (κ3) is 13.0. The molecule has 6 heterocycles. The van der Waals surface area contributed by atoms with Crippen LogP contribution in [-0.4, -0.2) is 316 Å². The van der Waals surface area contributed by atoms with Crippen molar-refractivity contribution < 1.29 is 158 Å². The molecule has 6 aliphatic heterocycles. The maximum atomic E-state index is 15.6. The highest BCUT2D eigenvalue weighted by Crippen LogP contribution is 2.76. The number of esters is 1. The number of allylic oxidation sites excluding steroid dienone is 1. The van der Waals surface area contributed by atoms with E-state index in [0.717, 1.165) is 5.57 Å². The van der Waals surface area contributed by atoms with Gasteiger partial charge in [0.25, 0.3) is 0 Å². The predicted octanol–water partition coefficient (Wildman–Crippen LogP) is -5.81. The predicted molar refractivity (Wildman–Crippen MR) is 320 cm³/mol. The van der Waals surface area contributed by atoms with Crippen molar-refractivity contribution in [2.24, 2.45) is 50.2 Å². The molecule has 33 nitrogen and oxygen atoms in total. The molecule has 0 bridgehead atoms. The van der Waals surface area contributed by atoms with E-state index in [1.54, 1.807) is 0 Å². The average Bonchev–Trinajstić information content (AvgIpc) is 0.897. The number of carbonyl (C=O) groups excluding carboxylic acids is 2. The largest absolute Gasteiger partial charge is 0.432 e. The van der Waals surface area contributed by atoms with E-state index >= 15 is 4.79 Å². The number of fused-ring (bicyclic) bond motifs is 7. The smallest absolute Gasteiger partial charge is 0.317 e. The molecule has 11 aliphatic rings. The van der Waals surface area contributed by atoms with Gasteiger partial charge in [0.2, 0.25) is 18.5 Å². The zero-order valence-corrected chi connectivity index (χ0v) is 55.7. The molecule has 0 aromatic rings. The average molecular weight is 1400 g/mol. The van der Waals surface area contributed by atoms with Crippen LogP contribution in [0.15, 0.2) is 11.6 Å². The summed E-state index contributed by atoms with van der Waals surface area (Å²) in [5.74, 6) is -2.59. The number of rotatable bonds is 17. The van der Waals surface area contributed by atoms with E-state index in [-0.39, 0.29) is 18.3 Å². The third-order valence-corrected chi connectivity index (χ3v) is 24.7. The number of amides is 1. The normalized spacial score (nSPS) is 52.7.